The quantitative estimate of drug-likeness (QED) is 0.749. The molecule has 0 unspecified atom stereocenters. The highest BCUT2D eigenvalue weighted by Crippen LogP contribution is 2.13. The number of rotatable bonds is 2. The summed E-state index contributed by atoms with van der Waals surface area (Å²) < 4.78 is 0. The van der Waals surface area contributed by atoms with Crippen molar-refractivity contribution >= 4 is 17.1 Å². The van der Waals surface area contributed by atoms with Crippen LogP contribution in [0.15, 0.2) is 42.5 Å². The second-order valence-corrected chi connectivity index (χ2v) is 2.94. The molecule has 0 radical (unpaired) electrons. The van der Waals surface area contributed by atoms with Gasteiger partial charge in [-0.1, -0.05) is 18.2 Å². The van der Waals surface area contributed by atoms with Crippen LogP contribution in [-0.4, -0.2) is 0 Å². The molecular formula is C12H10N2. The van der Waals surface area contributed by atoms with E-state index in [2.05, 4.69) is 17.4 Å². The molecule has 0 saturated heterocycles. The number of anilines is 3. The minimum absolute atomic E-state index is 0.601. The highest BCUT2D eigenvalue weighted by molar-refractivity contribution is 5.58. The predicted octanol–water partition coefficient (Wildman–Crippen LogP) is 2.61. The molecule has 14 heavy (non-hydrogen) atoms. The van der Waals surface area contributed by atoms with Crippen LogP contribution in [-0.2, 0) is 0 Å². The average Bonchev–Trinajstić information content (AvgIpc) is 2.23. The fraction of sp³-hybridized carbons (Fsp3) is 0. The molecule has 3 N–H and O–H groups in total. The molecule has 2 nitrogen and oxygen atoms in total. The van der Waals surface area contributed by atoms with E-state index in [-0.39, 0.29) is 0 Å². The summed E-state index contributed by atoms with van der Waals surface area (Å²) in [7, 11) is 0. The van der Waals surface area contributed by atoms with Gasteiger partial charge in [-0.05, 0) is 36.4 Å². The molecule has 68 valence electrons. The van der Waals surface area contributed by atoms with Crippen LogP contribution in [0.5, 0.6) is 0 Å². The molecule has 2 heteroatoms. The van der Waals surface area contributed by atoms with E-state index in [0.29, 0.717) is 5.69 Å². The summed E-state index contributed by atoms with van der Waals surface area (Å²) in [6.45, 7) is 0. The Labute approximate surface area is 83.4 Å². The second kappa shape index (κ2) is 3.71. The number of hydrogen-bond donors (Lipinski definition) is 2. The molecule has 0 spiro atoms. The Kier molecular flexibility index (Phi) is 2.24. The number of para-hydroxylation sites is 1. The topological polar surface area (TPSA) is 38.0 Å². The summed E-state index contributed by atoms with van der Waals surface area (Å²) in [5, 5.41) is 3.19. The molecule has 0 aromatic heterocycles. The molecule has 0 heterocycles. The van der Waals surface area contributed by atoms with Gasteiger partial charge < -0.3 is 11.1 Å². The molecule has 0 aliphatic carbocycles. The molecule has 0 atom stereocenters. The maximum Gasteiger partial charge on any atom is 0.0902 e. The summed E-state index contributed by atoms with van der Waals surface area (Å²) in [5.41, 5.74) is 8.00. The Hall–Kier alpha value is -2.14. The van der Waals surface area contributed by atoms with Crippen LogP contribution in [0.3, 0.4) is 0 Å². The maximum atomic E-state index is 5.51. The lowest BCUT2D eigenvalue weighted by molar-refractivity contribution is 1.56. The van der Waals surface area contributed by atoms with Gasteiger partial charge in [-0.25, -0.2) is 0 Å². The van der Waals surface area contributed by atoms with E-state index in [9.17, 15) is 0 Å². The molecule has 0 bridgehead atoms. The maximum absolute atomic E-state index is 5.51. The lowest BCUT2D eigenvalue weighted by atomic mass is 10.3. The van der Waals surface area contributed by atoms with E-state index in [0.717, 1.165) is 11.4 Å². The Morgan fingerprint density at radius 1 is 0.929 bits per heavy atom. The van der Waals surface area contributed by atoms with E-state index in [4.69, 9.17) is 5.73 Å². The van der Waals surface area contributed by atoms with Crippen molar-refractivity contribution in [1.82, 2.24) is 0 Å². The summed E-state index contributed by atoms with van der Waals surface area (Å²) in [6, 6.07) is 19.3. The Bertz CT molecular complexity index is 392. The lowest BCUT2D eigenvalue weighted by Crippen LogP contribution is -1.89. The molecule has 0 aliphatic rings. The van der Waals surface area contributed by atoms with Crippen molar-refractivity contribution in [3.05, 3.63) is 54.6 Å². The first kappa shape index (κ1) is 8.46. The van der Waals surface area contributed by atoms with Gasteiger partial charge >= 0.3 is 0 Å². The molecule has 0 saturated carbocycles. The number of benzene rings is 1. The number of nitrogen functional groups attached to an aromatic ring is 1. The second-order valence-electron chi connectivity index (χ2n) is 2.94. The van der Waals surface area contributed by atoms with Gasteiger partial charge in [-0.3, -0.25) is 0 Å². The third-order valence-corrected chi connectivity index (χ3v) is 1.82. The zero-order valence-corrected chi connectivity index (χ0v) is 7.62. The molecule has 0 aliphatic heterocycles. The largest absolute Gasteiger partial charge is 0.392 e. The van der Waals surface area contributed by atoms with Gasteiger partial charge in [0.25, 0.3) is 0 Å². The summed E-state index contributed by atoms with van der Waals surface area (Å²) in [5.74, 6) is 0. The van der Waals surface area contributed by atoms with Crippen LogP contribution >= 0.6 is 0 Å². The van der Waals surface area contributed by atoms with Crippen molar-refractivity contribution in [3.8, 4) is 0 Å². The SMILES string of the molecule is Nc1c#cc(Nc2ccccc2)cc1. The first-order valence-electron chi connectivity index (χ1n) is 4.36. The Morgan fingerprint density at radius 2 is 1.71 bits per heavy atom. The standard InChI is InChI=1S/C12H10N2/c13-10-6-8-12(9-7-10)14-11-4-2-1-3-5-11/h1-6,8,14H,13H2. The highest BCUT2D eigenvalue weighted by Gasteiger charge is 1.91. The molecule has 0 amide bonds. The summed E-state index contributed by atoms with van der Waals surface area (Å²) >= 11 is 0. The zero-order valence-electron chi connectivity index (χ0n) is 7.62. The van der Waals surface area contributed by atoms with E-state index in [1.54, 1.807) is 6.07 Å². The van der Waals surface area contributed by atoms with E-state index >= 15 is 0 Å². The van der Waals surface area contributed by atoms with Crippen LogP contribution in [0.25, 0.3) is 0 Å². The number of hydrogen-bond acceptors (Lipinski definition) is 2. The predicted molar refractivity (Wildman–Crippen MR) is 58.3 cm³/mol. The third-order valence-electron chi connectivity index (χ3n) is 1.82. The van der Waals surface area contributed by atoms with Gasteiger partial charge in [0.2, 0.25) is 0 Å². The van der Waals surface area contributed by atoms with Crippen molar-refractivity contribution in [2.24, 2.45) is 0 Å². The van der Waals surface area contributed by atoms with Crippen LogP contribution in [0, 0.1) is 12.1 Å². The first-order chi connectivity index (χ1) is 6.84. The smallest absolute Gasteiger partial charge is 0.0902 e. The summed E-state index contributed by atoms with van der Waals surface area (Å²) in [4.78, 5) is 0. The molecule has 2 aromatic rings. The van der Waals surface area contributed by atoms with Gasteiger partial charge in [0.15, 0.2) is 0 Å². The number of nitrogens with one attached hydrogen (secondary N) is 1. The molecular weight excluding hydrogens is 172 g/mol. The fourth-order valence-electron chi connectivity index (χ4n) is 1.15. The van der Waals surface area contributed by atoms with Gasteiger partial charge in [-0.15, -0.1) is 0 Å². The van der Waals surface area contributed by atoms with Crippen molar-refractivity contribution in [3.63, 3.8) is 0 Å². The van der Waals surface area contributed by atoms with E-state index in [1.807, 2.05) is 36.4 Å². The monoisotopic (exact) mass is 182 g/mol. The van der Waals surface area contributed by atoms with E-state index in [1.165, 1.54) is 0 Å². The average molecular weight is 182 g/mol. The lowest BCUT2D eigenvalue weighted by Gasteiger charge is -2.02. The third kappa shape index (κ3) is 1.96. The van der Waals surface area contributed by atoms with Crippen molar-refractivity contribution in [1.29, 1.82) is 0 Å². The Morgan fingerprint density at radius 3 is 2.36 bits per heavy atom. The van der Waals surface area contributed by atoms with Gasteiger partial charge in [0, 0.05) is 5.69 Å². The van der Waals surface area contributed by atoms with Crippen molar-refractivity contribution in [2.75, 3.05) is 11.1 Å². The highest BCUT2D eigenvalue weighted by atomic mass is 14.9. The van der Waals surface area contributed by atoms with Crippen LogP contribution in [0.1, 0.15) is 0 Å². The van der Waals surface area contributed by atoms with Gasteiger partial charge in [0.05, 0.1) is 11.4 Å². The fourth-order valence-corrected chi connectivity index (χ4v) is 1.15. The summed E-state index contributed by atoms with van der Waals surface area (Å²) in [6.07, 6.45) is 0. The molecule has 2 aromatic carbocycles. The molecule has 2 rings (SSSR count). The minimum Gasteiger partial charge on any atom is -0.392 e. The van der Waals surface area contributed by atoms with Crippen LogP contribution in [0.2, 0.25) is 0 Å². The minimum atomic E-state index is 0.601. The zero-order chi connectivity index (χ0) is 9.80. The van der Waals surface area contributed by atoms with E-state index < -0.39 is 0 Å². The molecule has 0 fully saturated rings. The van der Waals surface area contributed by atoms with Crippen LogP contribution < -0.4 is 11.1 Å². The van der Waals surface area contributed by atoms with Gasteiger partial charge in [-0.2, -0.15) is 0 Å². The normalized spacial score (nSPS) is 9.14. The van der Waals surface area contributed by atoms with Crippen LogP contribution in [0.4, 0.5) is 17.1 Å². The van der Waals surface area contributed by atoms with Crippen molar-refractivity contribution in [2.45, 2.75) is 0 Å². The van der Waals surface area contributed by atoms with Gasteiger partial charge in [0.1, 0.15) is 0 Å². The van der Waals surface area contributed by atoms with Crippen molar-refractivity contribution < 1.29 is 0 Å². The number of nitrogens with two attached hydrogens (primary N) is 1. The Balaban J connectivity index is 2.16. The first-order valence-corrected chi connectivity index (χ1v) is 4.36.